The Hall–Kier alpha value is -1.21. The van der Waals surface area contributed by atoms with E-state index in [1.54, 1.807) is 0 Å². The van der Waals surface area contributed by atoms with Crippen molar-refractivity contribution in [3.05, 3.63) is 22.7 Å². The van der Waals surface area contributed by atoms with Crippen molar-refractivity contribution in [3.8, 4) is 11.5 Å². The molecule has 0 unspecified atom stereocenters. The van der Waals surface area contributed by atoms with Crippen LogP contribution in [0.3, 0.4) is 0 Å². The predicted octanol–water partition coefficient (Wildman–Crippen LogP) is 2.51. The Labute approximate surface area is 159 Å². The van der Waals surface area contributed by atoms with E-state index >= 15 is 0 Å². The molecule has 6 nitrogen and oxygen atoms in total. The van der Waals surface area contributed by atoms with E-state index in [1.165, 1.54) is 0 Å². The molecule has 0 radical (unpaired) electrons. The van der Waals surface area contributed by atoms with Gasteiger partial charge in [-0.15, -0.1) is 12.4 Å². The molecule has 2 heterocycles. The molecule has 1 saturated heterocycles. The average Bonchev–Trinajstić information content (AvgIpc) is 2.55. The molecule has 3 rings (SSSR count). The third-order valence-electron chi connectivity index (χ3n) is 4.63. The summed E-state index contributed by atoms with van der Waals surface area (Å²) in [6.45, 7) is 3.88. The minimum absolute atomic E-state index is 0. The molecule has 0 atom stereocenters. The molecule has 0 saturated carbocycles. The maximum atomic E-state index is 10.8. The number of benzene rings is 1. The second-order valence-corrected chi connectivity index (χ2v) is 6.83. The molecule has 0 spiro atoms. The van der Waals surface area contributed by atoms with Crippen LogP contribution in [0.1, 0.15) is 18.4 Å². The van der Waals surface area contributed by atoms with E-state index in [4.69, 9.17) is 26.2 Å². The largest absolute Gasteiger partial charge is 0.486 e. The van der Waals surface area contributed by atoms with Crippen molar-refractivity contribution in [1.29, 1.82) is 0 Å². The Kier molecular flexibility index (Phi) is 7.19. The fourth-order valence-corrected chi connectivity index (χ4v) is 3.66. The standard InChI is InChI=1S/C17H23ClN2O4.ClH/c1-19(11-16(21)22)13-2-4-20(5-3-13)10-12-8-14(18)17-15(9-12)23-6-7-24-17;/h8-9,13H,2-7,10-11H2,1H3,(H,21,22);1H. The van der Waals surface area contributed by atoms with Gasteiger partial charge in [0, 0.05) is 12.6 Å². The lowest BCUT2D eigenvalue weighted by Gasteiger charge is -2.36. The van der Waals surface area contributed by atoms with Crippen LogP contribution in [0.25, 0.3) is 0 Å². The summed E-state index contributed by atoms with van der Waals surface area (Å²) in [5.41, 5.74) is 1.11. The van der Waals surface area contributed by atoms with E-state index in [0.29, 0.717) is 30.0 Å². The van der Waals surface area contributed by atoms with Crippen LogP contribution in [-0.2, 0) is 11.3 Å². The molecule has 2 aliphatic rings. The van der Waals surface area contributed by atoms with Crippen molar-refractivity contribution in [1.82, 2.24) is 9.80 Å². The van der Waals surface area contributed by atoms with E-state index in [1.807, 2.05) is 24.1 Å². The number of hydrogen-bond donors (Lipinski definition) is 1. The summed E-state index contributed by atoms with van der Waals surface area (Å²) in [5, 5.41) is 9.49. The first-order valence-electron chi connectivity index (χ1n) is 8.25. The minimum atomic E-state index is -0.772. The summed E-state index contributed by atoms with van der Waals surface area (Å²) in [7, 11) is 1.88. The summed E-state index contributed by atoms with van der Waals surface area (Å²) in [5.74, 6) is 0.589. The van der Waals surface area contributed by atoms with Gasteiger partial charge in [-0.2, -0.15) is 0 Å². The van der Waals surface area contributed by atoms with Crippen LogP contribution in [0.15, 0.2) is 12.1 Å². The van der Waals surface area contributed by atoms with Crippen molar-refractivity contribution in [2.24, 2.45) is 0 Å². The van der Waals surface area contributed by atoms with Crippen LogP contribution in [0, 0.1) is 0 Å². The number of halogens is 2. The van der Waals surface area contributed by atoms with Gasteiger partial charge in [-0.3, -0.25) is 14.6 Å². The van der Waals surface area contributed by atoms with Gasteiger partial charge in [-0.05, 0) is 50.7 Å². The molecule has 1 aromatic carbocycles. The molecule has 0 amide bonds. The zero-order valence-electron chi connectivity index (χ0n) is 14.2. The molecule has 140 valence electrons. The van der Waals surface area contributed by atoms with E-state index in [0.717, 1.165) is 43.8 Å². The van der Waals surface area contributed by atoms with Gasteiger partial charge < -0.3 is 14.6 Å². The Morgan fingerprint density at radius 2 is 2.00 bits per heavy atom. The number of rotatable bonds is 5. The number of likely N-dealkylation sites (N-methyl/N-ethyl adjacent to an activating group) is 1. The van der Waals surface area contributed by atoms with Crippen molar-refractivity contribution < 1.29 is 19.4 Å². The second-order valence-electron chi connectivity index (χ2n) is 6.42. The fraction of sp³-hybridized carbons (Fsp3) is 0.588. The quantitative estimate of drug-likeness (QED) is 0.833. The van der Waals surface area contributed by atoms with Crippen molar-refractivity contribution >= 4 is 30.0 Å². The van der Waals surface area contributed by atoms with Crippen LogP contribution in [-0.4, -0.2) is 66.8 Å². The highest BCUT2D eigenvalue weighted by molar-refractivity contribution is 6.32. The molecule has 1 fully saturated rings. The van der Waals surface area contributed by atoms with Crippen LogP contribution in [0.4, 0.5) is 0 Å². The van der Waals surface area contributed by atoms with E-state index in [9.17, 15) is 4.79 Å². The Morgan fingerprint density at radius 1 is 1.32 bits per heavy atom. The van der Waals surface area contributed by atoms with Gasteiger partial charge in [0.15, 0.2) is 11.5 Å². The maximum Gasteiger partial charge on any atom is 0.317 e. The fourth-order valence-electron chi connectivity index (χ4n) is 3.37. The van der Waals surface area contributed by atoms with Crippen LogP contribution in [0.2, 0.25) is 5.02 Å². The lowest BCUT2D eigenvalue weighted by molar-refractivity contribution is -0.138. The van der Waals surface area contributed by atoms with Crippen molar-refractivity contribution in [2.75, 3.05) is 39.9 Å². The van der Waals surface area contributed by atoms with Gasteiger partial charge in [0.25, 0.3) is 0 Å². The predicted molar refractivity (Wildman–Crippen MR) is 98.3 cm³/mol. The molecular formula is C17H24Cl2N2O4. The van der Waals surface area contributed by atoms with E-state index in [-0.39, 0.29) is 19.0 Å². The highest BCUT2D eigenvalue weighted by Crippen LogP contribution is 2.38. The molecule has 8 heteroatoms. The zero-order valence-corrected chi connectivity index (χ0v) is 15.8. The highest BCUT2D eigenvalue weighted by Gasteiger charge is 2.24. The number of carboxylic acids is 1. The third-order valence-corrected chi connectivity index (χ3v) is 4.91. The number of likely N-dealkylation sites (tertiary alicyclic amines) is 1. The number of ether oxygens (including phenoxy) is 2. The SMILES string of the molecule is CN(CC(=O)O)C1CCN(Cc2cc(Cl)c3c(c2)OCCO3)CC1.Cl. The molecule has 1 N–H and O–H groups in total. The summed E-state index contributed by atoms with van der Waals surface area (Å²) >= 11 is 6.29. The van der Waals surface area contributed by atoms with Crippen LogP contribution in [0.5, 0.6) is 11.5 Å². The minimum Gasteiger partial charge on any atom is -0.486 e. The smallest absolute Gasteiger partial charge is 0.317 e. The number of nitrogens with zero attached hydrogens (tertiary/aromatic N) is 2. The number of fused-ring (bicyclic) bond motifs is 1. The third kappa shape index (κ3) is 5.14. The summed E-state index contributed by atoms with van der Waals surface area (Å²) in [6, 6.07) is 4.28. The van der Waals surface area contributed by atoms with E-state index in [2.05, 4.69) is 4.90 Å². The number of carbonyl (C=O) groups is 1. The molecule has 25 heavy (non-hydrogen) atoms. The van der Waals surface area contributed by atoms with Gasteiger partial charge in [0.1, 0.15) is 13.2 Å². The Morgan fingerprint density at radius 3 is 2.68 bits per heavy atom. The monoisotopic (exact) mass is 390 g/mol. The maximum absolute atomic E-state index is 10.8. The molecular weight excluding hydrogens is 367 g/mol. The van der Waals surface area contributed by atoms with Gasteiger partial charge in [0.2, 0.25) is 0 Å². The molecule has 0 aromatic heterocycles. The summed E-state index contributed by atoms with van der Waals surface area (Å²) in [4.78, 5) is 15.1. The topological polar surface area (TPSA) is 62.2 Å². The number of aliphatic carboxylic acids is 1. The Balaban J connectivity index is 0.00000225. The zero-order chi connectivity index (χ0) is 17.1. The normalized spacial score (nSPS) is 18.0. The number of piperidine rings is 1. The van der Waals surface area contributed by atoms with Gasteiger partial charge in [-0.1, -0.05) is 11.6 Å². The van der Waals surface area contributed by atoms with Gasteiger partial charge in [0.05, 0.1) is 11.6 Å². The first-order chi connectivity index (χ1) is 11.5. The van der Waals surface area contributed by atoms with Gasteiger partial charge >= 0.3 is 5.97 Å². The lowest BCUT2D eigenvalue weighted by Crippen LogP contribution is -2.44. The summed E-state index contributed by atoms with van der Waals surface area (Å²) in [6.07, 6.45) is 1.95. The lowest BCUT2D eigenvalue weighted by atomic mass is 10.0. The van der Waals surface area contributed by atoms with Crippen molar-refractivity contribution in [3.63, 3.8) is 0 Å². The van der Waals surface area contributed by atoms with E-state index < -0.39 is 5.97 Å². The van der Waals surface area contributed by atoms with Gasteiger partial charge in [-0.25, -0.2) is 0 Å². The molecule has 0 aliphatic carbocycles. The first kappa shape index (κ1) is 20.1. The second kappa shape index (κ2) is 8.94. The Bertz CT molecular complexity index is 607. The summed E-state index contributed by atoms with van der Waals surface area (Å²) < 4.78 is 11.2. The van der Waals surface area contributed by atoms with Crippen LogP contribution < -0.4 is 9.47 Å². The first-order valence-corrected chi connectivity index (χ1v) is 8.63. The molecule has 1 aromatic rings. The van der Waals surface area contributed by atoms with Crippen molar-refractivity contribution in [2.45, 2.75) is 25.4 Å². The average molecular weight is 391 g/mol. The molecule has 2 aliphatic heterocycles. The van der Waals surface area contributed by atoms with Crippen LogP contribution >= 0.6 is 24.0 Å². The number of hydrogen-bond acceptors (Lipinski definition) is 5. The number of carboxylic acid groups (broad SMARTS) is 1. The highest BCUT2D eigenvalue weighted by atomic mass is 35.5. The molecule has 0 bridgehead atoms.